The molecule has 0 saturated carbocycles. The zero-order valence-corrected chi connectivity index (χ0v) is 14.1. The lowest BCUT2D eigenvalue weighted by atomic mass is 10.2. The highest BCUT2D eigenvalue weighted by atomic mass is 16.5. The second kappa shape index (κ2) is 7.79. The first-order valence-electron chi connectivity index (χ1n) is 8.43. The molecule has 1 fully saturated rings. The lowest BCUT2D eigenvalue weighted by Crippen LogP contribution is -2.31. The van der Waals surface area contributed by atoms with Crippen LogP contribution < -0.4 is 10.1 Å². The van der Waals surface area contributed by atoms with Crippen LogP contribution in [0.4, 0.5) is 0 Å². The maximum absolute atomic E-state index is 12.5. The van der Waals surface area contributed by atoms with Gasteiger partial charge in [-0.15, -0.1) is 0 Å². The van der Waals surface area contributed by atoms with E-state index in [2.05, 4.69) is 10.3 Å². The van der Waals surface area contributed by atoms with Gasteiger partial charge in [0, 0.05) is 31.3 Å². The number of carbonyl (C=O) groups excluding carboxylic acids is 2. The van der Waals surface area contributed by atoms with Crippen molar-refractivity contribution >= 4 is 11.8 Å². The van der Waals surface area contributed by atoms with Crippen LogP contribution in [0.1, 0.15) is 34.1 Å². The number of ether oxygens (including phenoxy) is 1. The van der Waals surface area contributed by atoms with Crippen molar-refractivity contribution in [2.24, 2.45) is 0 Å². The van der Waals surface area contributed by atoms with Crippen LogP contribution in [-0.2, 0) is 0 Å². The first kappa shape index (κ1) is 17.0. The van der Waals surface area contributed by atoms with Gasteiger partial charge in [-0.1, -0.05) is 18.2 Å². The molecule has 6 nitrogen and oxygen atoms in total. The third kappa shape index (κ3) is 3.96. The molecule has 1 aromatic carbocycles. The first-order chi connectivity index (χ1) is 12.2. The van der Waals surface area contributed by atoms with Crippen molar-refractivity contribution in [3.05, 3.63) is 59.8 Å². The van der Waals surface area contributed by atoms with Crippen molar-refractivity contribution in [2.75, 3.05) is 19.6 Å². The van der Waals surface area contributed by atoms with Crippen LogP contribution in [-0.4, -0.2) is 47.4 Å². The third-order valence-corrected chi connectivity index (χ3v) is 4.08. The zero-order valence-electron chi connectivity index (χ0n) is 14.1. The van der Waals surface area contributed by atoms with Gasteiger partial charge >= 0.3 is 0 Å². The number of nitrogens with one attached hydrogen (secondary N) is 1. The minimum Gasteiger partial charge on any atom is -0.472 e. The van der Waals surface area contributed by atoms with Crippen molar-refractivity contribution in [1.82, 2.24) is 15.2 Å². The highest BCUT2D eigenvalue weighted by molar-refractivity contribution is 5.96. The SMILES string of the molecule is CCNC(=O)c1cccnc1OC1CCN(C(=O)c2ccccc2)C1. The number of nitrogens with zero attached hydrogens (tertiary/aromatic N) is 2. The van der Waals surface area contributed by atoms with Crippen molar-refractivity contribution in [2.45, 2.75) is 19.4 Å². The van der Waals surface area contributed by atoms with E-state index in [0.29, 0.717) is 43.1 Å². The Morgan fingerprint density at radius 3 is 2.80 bits per heavy atom. The van der Waals surface area contributed by atoms with Crippen molar-refractivity contribution in [1.29, 1.82) is 0 Å². The second-order valence-corrected chi connectivity index (χ2v) is 5.86. The fourth-order valence-corrected chi connectivity index (χ4v) is 2.84. The minimum absolute atomic E-state index is 0.00308. The summed E-state index contributed by atoms with van der Waals surface area (Å²) in [7, 11) is 0. The van der Waals surface area contributed by atoms with Gasteiger partial charge in [0.25, 0.3) is 11.8 Å². The summed E-state index contributed by atoms with van der Waals surface area (Å²) in [4.78, 5) is 30.6. The summed E-state index contributed by atoms with van der Waals surface area (Å²) in [6.45, 7) is 3.51. The van der Waals surface area contributed by atoms with E-state index in [4.69, 9.17) is 4.74 Å². The summed E-state index contributed by atoms with van der Waals surface area (Å²) < 4.78 is 5.92. The van der Waals surface area contributed by atoms with Gasteiger partial charge < -0.3 is 15.0 Å². The van der Waals surface area contributed by atoms with E-state index in [1.807, 2.05) is 37.3 Å². The zero-order chi connectivity index (χ0) is 17.6. The number of aromatic nitrogens is 1. The van der Waals surface area contributed by atoms with E-state index in [-0.39, 0.29) is 17.9 Å². The molecule has 1 saturated heterocycles. The van der Waals surface area contributed by atoms with E-state index in [9.17, 15) is 9.59 Å². The molecule has 1 atom stereocenters. The molecule has 0 spiro atoms. The molecule has 0 radical (unpaired) electrons. The molecule has 1 N–H and O–H groups in total. The van der Waals surface area contributed by atoms with Gasteiger partial charge in [-0.05, 0) is 31.2 Å². The number of carbonyl (C=O) groups is 2. The van der Waals surface area contributed by atoms with Crippen LogP contribution in [0.2, 0.25) is 0 Å². The molecule has 3 rings (SSSR count). The lowest BCUT2D eigenvalue weighted by Gasteiger charge is -2.18. The maximum atomic E-state index is 12.5. The van der Waals surface area contributed by atoms with Crippen molar-refractivity contribution in [3.63, 3.8) is 0 Å². The Balaban J connectivity index is 1.66. The van der Waals surface area contributed by atoms with Gasteiger partial charge in [0.2, 0.25) is 5.88 Å². The smallest absolute Gasteiger partial charge is 0.256 e. The normalized spacial score (nSPS) is 16.5. The van der Waals surface area contributed by atoms with Crippen LogP contribution in [0.25, 0.3) is 0 Å². The first-order valence-corrected chi connectivity index (χ1v) is 8.43. The molecule has 1 aromatic heterocycles. The average molecular weight is 339 g/mol. The Kier molecular flexibility index (Phi) is 5.28. The van der Waals surface area contributed by atoms with Crippen LogP contribution in [0.15, 0.2) is 48.7 Å². The standard InChI is InChI=1S/C19H21N3O3/c1-2-20-17(23)16-9-6-11-21-18(16)25-15-10-12-22(13-15)19(24)14-7-4-3-5-8-14/h3-9,11,15H,2,10,12-13H2,1H3,(H,20,23). The maximum Gasteiger partial charge on any atom is 0.256 e. The van der Waals surface area contributed by atoms with Crippen LogP contribution in [0, 0.1) is 0 Å². The Morgan fingerprint density at radius 2 is 2.04 bits per heavy atom. The number of likely N-dealkylation sites (tertiary alicyclic amines) is 1. The van der Waals surface area contributed by atoms with E-state index < -0.39 is 0 Å². The molecule has 2 heterocycles. The summed E-state index contributed by atoms with van der Waals surface area (Å²) in [5.74, 6) is 0.102. The molecule has 1 aliphatic heterocycles. The van der Waals surface area contributed by atoms with Gasteiger partial charge in [-0.25, -0.2) is 4.98 Å². The van der Waals surface area contributed by atoms with E-state index in [0.717, 1.165) is 0 Å². The molecule has 1 aliphatic rings. The van der Waals surface area contributed by atoms with E-state index in [1.165, 1.54) is 0 Å². The average Bonchev–Trinajstić information content (AvgIpc) is 3.11. The van der Waals surface area contributed by atoms with Gasteiger partial charge in [-0.3, -0.25) is 9.59 Å². The van der Waals surface area contributed by atoms with Crippen molar-refractivity contribution in [3.8, 4) is 5.88 Å². The predicted octanol–water partition coefficient (Wildman–Crippen LogP) is 2.12. The summed E-state index contributed by atoms with van der Waals surface area (Å²) in [5, 5.41) is 2.75. The predicted molar refractivity (Wildman–Crippen MR) is 93.6 cm³/mol. The summed E-state index contributed by atoms with van der Waals surface area (Å²) >= 11 is 0. The number of benzene rings is 1. The van der Waals surface area contributed by atoms with Crippen LogP contribution >= 0.6 is 0 Å². The van der Waals surface area contributed by atoms with Gasteiger partial charge in [0.05, 0.1) is 6.54 Å². The molecule has 25 heavy (non-hydrogen) atoms. The highest BCUT2D eigenvalue weighted by Crippen LogP contribution is 2.21. The Labute approximate surface area is 146 Å². The molecule has 6 heteroatoms. The van der Waals surface area contributed by atoms with Crippen molar-refractivity contribution < 1.29 is 14.3 Å². The number of hydrogen-bond acceptors (Lipinski definition) is 4. The Hall–Kier alpha value is -2.89. The number of pyridine rings is 1. The largest absolute Gasteiger partial charge is 0.472 e. The fourth-order valence-electron chi connectivity index (χ4n) is 2.84. The lowest BCUT2D eigenvalue weighted by molar-refractivity contribution is 0.0768. The van der Waals surface area contributed by atoms with Gasteiger partial charge in [-0.2, -0.15) is 0 Å². The third-order valence-electron chi connectivity index (χ3n) is 4.08. The molecule has 0 aliphatic carbocycles. The molecular weight excluding hydrogens is 318 g/mol. The fraction of sp³-hybridized carbons (Fsp3) is 0.316. The summed E-state index contributed by atoms with van der Waals surface area (Å²) in [6, 6.07) is 12.6. The second-order valence-electron chi connectivity index (χ2n) is 5.86. The number of rotatable bonds is 5. The molecular formula is C19H21N3O3. The molecule has 0 bridgehead atoms. The quantitative estimate of drug-likeness (QED) is 0.906. The van der Waals surface area contributed by atoms with Crippen LogP contribution in [0.3, 0.4) is 0 Å². The summed E-state index contributed by atoms with van der Waals surface area (Å²) in [6.07, 6.45) is 2.14. The van der Waals surface area contributed by atoms with Crippen LogP contribution in [0.5, 0.6) is 5.88 Å². The number of amides is 2. The van der Waals surface area contributed by atoms with E-state index in [1.54, 1.807) is 23.2 Å². The molecule has 130 valence electrons. The number of hydrogen-bond donors (Lipinski definition) is 1. The Bertz CT molecular complexity index is 749. The highest BCUT2D eigenvalue weighted by Gasteiger charge is 2.29. The monoisotopic (exact) mass is 339 g/mol. The van der Waals surface area contributed by atoms with E-state index >= 15 is 0 Å². The molecule has 2 aromatic rings. The summed E-state index contributed by atoms with van der Waals surface area (Å²) in [5.41, 5.74) is 1.08. The van der Waals surface area contributed by atoms with Gasteiger partial charge in [0.1, 0.15) is 11.7 Å². The molecule has 1 unspecified atom stereocenters. The molecule has 2 amide bonds. The van der Waals surface area contributed by atoms with Gasteiger partial charge in [0.15, 0.2) is 0 Å². The Morgan fingerprint density at radius 1 is 1.24 bits per heavy atom. The minimum atomic E-state index is -0.208. The topological polar surface area (TPSA) is 71.5 Å².